The van der Waals surface area contributed by atoms with Crippen LogP contribution in [0.3, 0.4) is 0 Å². The van der Waals surface area contributed by atoms with E-state index in [1.165, 1.54) is 19.3 Å². The average molecular weight is 265 g/mol. The van der Waals surface area contributed by atoms with E-state index >= 15 is 0 Å². The molecule has 1 aliphatic rings. The van der Waals surface area contributed by atoms with Gasteiger partial charge in [-0.25, -0.2) is 4.98 Å². The van der Waals surface area contributed by atoms with Gasteiger partial charge < -0.3 is 15.0 Å². The predicted molar refractivity (Wildman–Crippen MR) is 77.0 cm³/mol. The Hall–Kier alpha value is -0.870. The quantitative estimate of drug-likeness (QED) is 0.796. The molecule has 2 atom stereocenters. The number of nitrogens with zero attached hydrogens (tertiary/aromatic N) is 2. The predicted octanol–water partition coefficient (Wildman–Crippen LogP) is 2.37. The van der Waals surface area contributed by atoms with Crippen molar-refractivity contribution in [3.05, 3.63) is 18.7 Å². The maximum absolute atomic E-state index is 9.65. The molecule has 1 aliphatic carbocycles. The first-order chi connectivity index (χ1) is 9.24. The number of rotatable bonds is 7. The van der Waals surface area contributed by atoms with E-state index in [2.05, 4.69) is 34.9 Å². The van der Waals surface area contributed by atoms with Gasteiger partial charge in [0.1, 0.15) is 0 Å². The molecule has 1 aromatic rings. The van der Waals surface area contributed by atoms with E-state index < -0.39 is 0 Å². The van der Waals surface area contributed by atoms with E-state index in [0.29, 0.717) is 12.1 Å². The zero-order valence-corrected chi connectivity index (χ0v) is 12.2. The molecule has 0 saturated heterocycles. The van der Waals surface area contributed by atoms with Crippen molar-refractivity contribution in [1.29, 1.82) is 0 Å². The monoisotopic (exact) mass is 265 g/mol. The third-order valence-corrected chi connectivity index (χ3v) is 4.96. The third-order valence-electron chi connectivity index (χ3n) is 4.96. The zero-order chi connectivity index (χ0) is 13.7. The fourth-order valence-electron chi connectivity index (χ4n) is 3.13. The molecule has 1 saturated carbocycles. The van der Waals surface area contributed by atoms with Gasteiger partial charge in [0.05, 0.1) is 6.33 Å². The van der Waals surface area contributed by atoms with Gasteiger partial charge in [0.2, 0.25) is 0 Å². The van der Waals surface area contributed by atoms with E-state index in [4.69, 9.17) is 0 Å². The first kappa shape index (κ1) is 14.5. The standard InChI is InChI=1S/C15H27N3O/c1-3-15(4-2,11-19)10-17-13-6-5-7-14(13)18-9-8-16-12-18/h8-9,12-14,17,19H,3-7,10-11H2,1-2H3. The van der Waals surface area contributed by atoms with Crippen LogP contribution in [0, 0.1) is 5.41 Å². The van der Waals surface area contributed by atoms with Crippen LogP contribution in [0.15, 0.2) is 18.7 Å². The smallest absolute Gasteiger partial charge is 0.0949 e. The Bertz CT molecular complexity index is 351. The van der Waals surface area contributed by atoms with Gasteiger partial charge in [0.25, 0.3) is 0 Å². The van der Waals surface area contributed by atoms with Crippen LogP contribution in [0.25, 0.3) is 0 Å². The van der Waals surface area contributed by atoms with Crippen LogP contribution < -0.4 is 5.32 Å². The van der Waals surface area contributed by atoms with Gasteiger partial charge in [0, 0.05) is 43.0 Å². The normalized spacial score (nSPS) is 23.9. The molecule has 4 heteroatoms. The second-order valence-electron chi connectivity index (χ2n) is 5.86. The minimum Gasteiger partial charge on any atom is -0.396 e. The van der Waals surface area contributed by atoms with Crippen molar-refractivity contribution in [3.63, 3.8) is 0 Å². The van der Waals surface area contributed by atoms with Crippen molar-refractivity contribution in [2.24, 2.45) is 5.41 Å². The second-order valence-corrected chi connectivity index (χ2v) is 5.86. The lowest BCUT2D eigenvalue weighted by molar-refractivity contribution is 0.108. The average Bonchev–Trinajstić information content (AvgIpc) is 3.11. The minimum atomic E-state index is 0.0437. The molecule has 0 amide bonds. The SMILES string of the molecule is CCC(CC)(CO)CNC1CCCC1n1ccnc1. The summed E-state index contributed by atoms with van der Waals surface area (Å²) in [6.45, 7) is 5.52. The van der Waals surface area contributed by atoms with Crippen LogP contribution in [0.4, 0.5) is 0 Å². The molecule has 0 aliphatic heterocycles. The molecule has 2 N–H and O–H groups in total. The summed E-state index contributed by atoms with van der Waals surface area (Å²) in [6, 6.07) is 1.03. The Labute approximate surface area is 116 Å². The number of aromatic nitrogens is 2. The number of hydrogen-bond acceptors (Lipinski definition) is 3. The Balaban J connectivity index is 1.95. The summed E-state index contributed by atoms with van der Waals surface area (Å²) in [5.41, 5.74) is 0.0437. The van der Waals surface area contributed by atoms with Crippen LogP contribution in [0.1, 0.15) is 52.0 Å². The molecule has 1 fully saturated rings. The minimum absolute atomic E-state index is 0.0437. The molecule has 19 heavy (non-hydrogen) atoms. The van der Waals surface area contributed by atoms with Crippen molar-refractivity contribution < 1.29 is 5.11 Å². The van der Waals surface area contributed by atoms with Crippen molar-refractivity contribution in [2.45, 2.75) is 58.0 Å². The van der Waals surface area contributed by atoms with E-state index in [0.717, 1.165) is 19.4 Å². The Morgan fingerprint density at radius 1 is 1.37 bits per heavy atom. The molecule has 2 unspecified atom stereocenters. The summed E-state index contributed by atoms with van der Waals surface area (Å²) in [5, 5.41) is 13.4. The van der Waals surface area contributed by atoms with Crippen molar-refractivity contribution in [1.82, 2.24) is 14.9 Å². The molecule has 1 heterocycles. The highest BCUT2D eigenvalue weighted by Crippen LogP contribution is 2.31. The maximum atomic E-state index is 9.65. The molecular formula is C15H27N3O. The lowest BCUT2D eigenvalue weighted by atomic mass is 9.83. The highest BCUT2D eigenvalue weighted by molar-refractivity contribution is 4.93. The summed E-state index contributed by atoms with van der Waals surface area (Å²) in [4.78, 5) is 4.15. The number of hydrogen-bond donors (Lipinski definition) is 2. The molecule has 2 rings (SSSR count). The fourth-order valence-corrected chi connectivity index (χ4v) is 3.13. The van der Waals surface area contributed by atoms with Gasteiger partial charge in [-0.05, 0) is 32.1 Å². The van der Waals surface area contributed by atoms with Crippen molar-refractivity contribution in [3.8, 4) is 0 Å². The zero-order valence-electron chi connectivity index (χ0n) is 12.2. The van der Waals surface area contributed by atoms with Gasteiger partial charge in [-0.2, -0.15) is 0 Å². The van der Waals surface area contributed by atoms with Crippen LogP contribution in [-0.4, -0.2) is 33.9 Å². The van der Waals surface area contributed by atoms with Crippen LogP contribution in [-0.2, 0) is 0 Å². The summed E-state index contributed by atoms with van der Waals surface area (Å²) >= 11 is 0. The number of imidazole rings is 1. The second kappa shape index (κ2) is 6.53. The van der Waals surface area contributed by atoms with Crippen molar-refractivity contribution >= 4 is 0 Å². The Kier molecular flexibility index (Phi) is 4.99. The van der Waals surface area contributed by atoms with Gasteiger partial charge in [-0.1, -0.05) is 13.8 Å². The highest BCUT2D eigenvalue weighted by atomic mass is 16.3. The van der Waals surface area contributed by atoms with Crippen molar-refractivity contribution in [2.75, 3.05) is 13.2 Å². The van der Waals surface area contributed by atoms with Crippen LogP contribution >= 0.6 is 0 Å². The van der Waals surface area contributed by atoms with E-state index in [1.54, 1.807) is 0 Å². The molecule has 108 valence electrons. The Morgan fingerprint density at radius 2 is 2.16 bits per heavy atom. The molecule has 0 bridgehead atoms. The molecule has 1 aromatic heterocycles. The van der Waals surface area contributed by atoms with Crippen LogP contribution in [0.2, 0.25) is 0 Å². The highest BCUT2D eigenvalue weighted by Gasteiger charge is 2.31. The van der Waals surface area contributed by atoms with Gasteiger partial charge in [0.15, 0.2) is 0 Å². The van der Waals surface area contributed by atoms with Gasteiger partial charge in [-0.15, -0.1) is 0 Å². The van der Waals surface area contributed by atoms with Gasteiger partial charge in [-0.3, -0.25) is 0 Å². The topological polar surface area (TPSA) is 50.1 Å². The molecule has 0 spiro atoms. The summed E-state index contributed by atoms with van der Waals surface area (Å²) in [6.07, 6.45) is 11.6. The van der Waals surface area contributed by atoms with E-state index in [-0.39, 0.29) is 12.0 Å². The lowest BCUT2D eigenvalue weighted by Crippen LogP contribution is -2.43. The number of aliphatic hydroxyl groups is 1. The lowest BCUT2D eigenvalue weighted by Gasteiger charge is -2.33. The fraction of sp³-hybridized carbons (Fsp3) is 0.800. The molecule has 0 radical (unpaired) electrons. The summed E-state index contributed by atoms with van der Waals surface area (Å²) in [5.74, 6) is 0. The summed E-state index contributed by atoms with van der Waals surface area (Å²) in [7, 11) is 0. The summed E-state index contributed by atoms with van der Waals surface area (Å²) < 4.78 is 2.23. The van der Waals surface area contributed by atoms with E-state index in [1.807, 2.05) is 12.5 Å². The van der Waals surface area contributed by atoms with Crippen LogP contribution in [0.5, 0.6) is 0 Å². The third kappa shape index (κ3) is 3.18. The largest absolute Gasteiger partial charge is 0.396 e. The molecular weight excluding hydrogens is 238 g/mol. The van der Waals surface area contributed by atoms with Gasteiger partial charge >= 0.3 is 0 Å². The molecule has 0 aromatic carbocycles. The number of nitrogens with one attached hydrogen (secondary N) is 1. The first-order valence-electron chi connectivity index (χ1n) is 7.56. The molecule has 4 nitrogen and oxygen atoms in total. The number of aliphatic hydroxyl groups excluding tert-OH is 1. The van der Waals surface area contributed by atoms with E-state index in [9.17, 15) is 5.11 Å². The Morgan fingerprint density at radius 3 is 2.74 bits per heavy atom. The maximum Gasteiger partial charge on any atom is 0.0949 e. The first-order valence-corrected chi connectivity index (χ1v) is 7.56.